The Bertz CT molecular complexity index is 556. The smallest absolute Gasteiger partial charge is 0.331 e. The van der Waals surface area contributed by atoms with Crippen molar-refractivity contribution in [3.63, 3.8) is 0 Å². The summed E-state index contributed by atoms with van der Waals surface area (Å²) in [4.78, 5) is 35.2. The Hall–Kier alpha value is -2.05. The molecule has 0 saturated carbocycles. The Labute approximate surface area is 104 Å². The largest absolute Gasteiger partial charge is 0.393 e. The Morgan fingerprint density at radius 1 is 1.44 bits per heavy atom. The van der Waals surface area contributed by atoms with Crippen molar-refractivity contribution in [1.82, 2.24) is 14.5 Å². The van der Waals surface area contributed by atoms with Gasteiger partial charge in [-0.3, -0.25) is 14.2 Å². The molecule has 0 spiro atoms. The number of rotatable bonds is 4. The molecule has 0 aliphatic rings. The Morgan fingerprint density at radius 3 is 2.56 bits per heavy atom. The minimum atomic E-state index is -0.636. The fourth-order valence-corrected chi connectivity index (χ4v) is 1.55. The quantitative estimate of drug-likeness (QED) is 0.730. The molecule has 0 bridgehead atoms. The maximum Gasteiger partial charge on any atom is 0.331 e. The van der Waals surface area contributed by atoms with Gasteiger partial charge in [0.2, 0.25) is 5.91 Å². The van der Waals surface area contributed by atoms with Crippen LogP contribution in [0.1, 0.15) is 20.8 Å². The second-order valence-corrected chi connectivity index (χ2v) is 4.27. The van der Waals surface area contributed by atoms with E-state index in [4.69, 9.17) is 5.73 Å². The molecule has 7 heteroatoms. The van der Waals surface area contributed by atoms with E-state index in [0.717, 1.165) is 4.57 Å². The summed E-state index contributed by atoms with van der Waals surface area (Å²) in [7, 11) is 0. The molecule has 0 saturated heterocycles. The maximum absolute atomic E-state index is 11.9. The molecule has 1 rings (SSSR count). The Balaban J connectivity index is 3.16. The highest BCUT2D eigenvalue weighted by atomic mass is 16.2. The van der Waals surface area contributed by atoms with Crippen LogP contribution in [0.15, 0.2) is 15.8 Å². The molecule has 1 aromatic rings. The molecule has 7 nitrogen and oxygen atoms in total. The summed E-state index contributed by atoms with van der Waals surface area (Å²) in [5, 5.41) is 2.61. The number of anilines is 1. The van der Waals surface area contributed by atoms with Crippen LogP contribution in [-0.2, 0) is 17.9 Å². The van der Waals surface area contributed by atoms with E-state index in [1.54, 1.807) is 20.8 Å². The minimum absolute atomic E-state index is 0.0474. The maximum atomic E-state index is 11.9. The zero-order chi connectivity index (χ0) is 13.9. The summed E-state index contributed by atoms with van der Waals surface area (Å²) in [6.45, 7) is 5.41. The molecule has 0 aliphatic heterocycles. The van der Waals surface area contributed by atoms with E-state index in [0.29, 0.717) is 6.54 Å². The van der Waals surface area contributed by atoms with E-state index in [9.17, 15) is 14.4 Å². The van der Waals surface area contributed by atoms with Gasteiger partial charge in [-0.05, 0) is 20.8 Å². The molecule has 0 fully saturated rings. The number of nitrogens with two attached hydrogens (primary N) is 1. The number of carbonyl (C=O) groups is 1. The van der Waals surface area contributed by atoms with Crippen LogP contribution in [0.3, 0.4) is 0 Å². The average molecular weight is 254 g/mol. The van der Waals surface area contributed by atoms with Crippen molar-refractivity contribution in [2.45, 2.75) is 39.9 Å². The zero-order valence-electron chi connectivity index (χ0n) is 10.8. The van der Waals surface area contributed by atoms with Crippen LogP contribution >= 0.6 is 0 Å². The number of aromatic nitrogens is 2. The van der Waals surface area contributed by atoms with Gasteiger partial charge in [0, 0.05) is 18.8 Å². The molecule has 1 aromatic heterocycles. The van der Waals surface area contributed by atoms with Gasteiger partial charge in [-0.2, -0.15) is 0 Å². The second kappa shape index (κ2) is 5.52. The summed E-state index contributed by atoms with van der Waals surface area (Å²) in [6, 6.07) is -0.0531. The predicted molar refractivity (Wildman–Crippen MR) is 68.3 cm³/mol. The predicted octanol–water partition coefficient (Wildman–Crippen LogP) is -0.863. The van der Waals surface area contributed by atoms with Crippen LogP contribution in [0.25, 0.3) is 0 Å². The number of carbonyl (C=O) groups excluding carboxylic acids is 1. The van der Waals surface area contributed by atoms with E-state index in [1.807, 2.05) is 0 Å². The van der Waals surface area contributed by atoms with Crippen LogP contribution in [0.4, 0.5) is 5.69 Å². The number of hydrogen-bond acceptors (Lipinski definition) is 4. The third kappa shape index (κ3) is 2.99. The van der Waals surface area contributed by atoms with Crippen molar-refractivity contribution in [3.05, 3.63) is 27.0 Å². The molecule has 1 amide bonds. The number of aryl methyl sites for hydroxylation is 1. The van der Waals surface area contributed by atoms with Crippen LogP contribution < -0.4 is 22.3 Å². The lowest BCUT2D eigenvalue weighted by Crippen LogP contribution is -2.45. The summed E-state index contributed by atoms with van der Waals surface area (Å²) in [6.07, 6.45) is 1.29. The molecule has 0 radical (unpaired) electrons. The highest BCUT2D eigenvalue weighted by molar-refractivity contribution is 5.76. The van der Waals surface area contributed by atoms with E-state index < -0.39 is 17.2 Å². The highest BCUT2D eigenvalue weighted by Gasteiger charge is 2.12. The summed E-state index contributed by atoms with van der Waals surface area (Å²) in [5.41, 5.74) is 4.30. The zero-order valence-corrected chi connectivity index (χ0v) is 10.8. The van der Waals surface area contributed by atoms with E-state index in [2.05, 4.69) is 5.32 Å². The summed E-state index contributed by atoms with van der Waals surface area (Å²) < 4.78 is 2.13. The molecule has 0 unspecified atom stereocenters. The molecule has 100 valence electrons. The Kier molecular flexibility index (Phi) is 4.30. The molecule has 18 heavy (non-hydrogen) atoms. The summed E-state index contributed by atoms with van der Waals surface area (Å²) >= 11 is 0. The SMILES string of the molecule is CCn1cc(N)c(=O)n(CC(=O)NC(C)C)c1=O. The van der Waals surface area contributed by atoms with Crippen LogP contribution in [0.5, 0.6) is 0 Å². The molecule has 0 atom stereocenters. The first-order chi connectivity index (χ1) is 8.36. The molecular formula is C11H18N4O3. The van der Waals surface area contributed by atoms with E-state index in [-0.39, 0.29) is 18.3 Å². The topological polar surface area (TPSA) is 99.1 Å². The lowest BCUT2D eigenvalue weighted by molar-refractivity contribution is -0.122. The van der Waals surface area contributed by atoms with Gasteiger partial charge >= 0.3 is 5.69 Å². The van der Waals surface area contributed by atoms with Gasteiger partial charge < -0.3 is 11.1 Å². The Morgan fingerprint density at radius 2 is 2.06 bits per heavy atom. The number of hydrogen-bond donors (Lipinski definition) is 2. The van der Waals surface area contributed by atoms with Gasteiger partial charge in [0.15, 0.2) is 0 Å². The third-order valence-electron chi connectivity index (χ3n) is 2.36. The standard InChI is InChI=1S/C11H18N4O3/c1-4-14-5-8(12)10(17)15(11(14)18)6-9(16)13-7(2)3/h5,7H,4,6,12H2,1-3H3,(H,13,16). The lowest BCUT2D eigenvalue weighted by atomic mass is 10.4. The molecule has 3 N–H and O–H groups in total. The number of nitrogens with zero attached hydrogens (tertiary/aromatic N) is 2. The lowest BCUT2D eigenvalue weighted by Gasteiger charge is -2.11. The fraction of sp³-hybridized carbons (Fsp3) is 0.545. The molecule has 1 heterocycles. The first kappa shape index (κ1) is 14.0. The molecular weight excluding hydrogens is 236 g/mol. The monoisotopic (exact) mass is 254 g/mol. The van der Waals surface area contributed by atoms with Gasteiger partial charge in [0.25, 0.3) is 5.56 Å². The first-order valence-corrected chi connectivity index (χ1v) is 5.76. The number of nitrogen functional groups attached to an aromatic ring is 1. The van der Waals surface area contributed by atoms with Crippen LogP contribution in [0, 0.1) is 0 Å². The van der Waals surface area contributed by atoms with Crippen LogP contribution in [0.2, 0.25) is 0 Å². The van der Waals surface area contributed by atoms with Crippen molar-refractivity contribution in [1.29, 1.82) is 0 Å². The van der Waals surface area contributed by atoms with E-state index >= 15 is 0 Å². The minimum Gasteiger partial charge on any atom is -0.393 e. The van der Waals surface area contributed by atoms with Gasteiger partial charge in [0.05, 0.1) is 0 Å². The third-order valence-corrected chi connectivity index (χ3v) is 2.36. The number of nitrogens with one attached hydrogen (secondary N) is 1. The highest BCUT2D eigenvalue weighted by Crippen LogP contribution is 1.90. The molecule has 0 aromatic carbocycles. The normalized spacial score (nSPS) is 10.7. The van der Waals surface area contributed by atoms with Crippen molar-refractivity contribution in [2.24, 2.45) is 0 Å². The van der Waals surface area contributed by atoms with Crippen molar-refractivity contribution < 1.29 is 4.79 Å². The van der Waals surface area contributed by atoms with E-state index in [1.165, 1.54) is 10.8 Å². The van der Waals surface area contributed by atoms with Gasteiger partial charge in [-0.1, -0.05) is 0 Å². The number of amides is 1. The van der Waals surface area contributed by atoms with Crippen molar-refractivity contribution in [2.75, 3.05) is 5.73 Å². The first-order valence-electron chi connectivity index (χ1n) is 5.76. The molecule has 0 aliphatic carbocycles. The average Bonchev–Trinajstić information content (AvgIpc) is 2.28. The second-order valence-electron chi connectivity index (χ2n) is 4.27. The van der Waals surface area contributed by atoms with Crippen molar-refractivity contribution >= 4 is 11.6 Å². The van der Waals surface area contributed by atoms with Gasteiger partial charge in [-0.25, -0.2) is 9.36 Å². The summed E-state index contributed by atoms with van der Waals surface area (Å²) in [5.74, 6) is -0.391. The van der Waals surface area contributed by atoms with Crippen LogP contribution in [-0.4, -0.2) is 21.1 Å². The van der Waals surface area contributed by atoms with Gasteiger partial charge in [-0.15, -0.1) is 0 Å². The van der Waals surface area contributed by atoms with Crippen molar-refractivity contribution in [3.8, 4) is 0 Å². The fourth-order valence-electron chi connectivity index (χ4n) is 1.55. The van der Waals surface area contributed by atoms with Gasteiger partial charge in [0.1, 0.15) is 12.2 Å².